The molecule has 4 nitrogen and oxygen atoms in total. The topological polar surface area (TPSA) is 65.2 Å². The standard InChI is InChI=1S/C16H18N2O2/c1-10(2)11-6-7-14(20-3)13(9-11)15-12(16(17)19)5-4-8-18-15/h4-10H,1-3H3,(H2,17,19). The fourth-order valence-electron chi connectivity index (χ4n) is 2.09. The number of amides is 1. The number of pyridine rings is 1. The highest BCUT2D eigenvalue weighted by Gasteiger charge is 2.16. The molecule has 0 atom stereocenters. The number of nitrogens with two attached hydrogens (primary N) is 1. The third-order valence-corrected chi connectivity index (χ3v) is 3.22. The van der Waals surface area contributed by atoms with Crippen molar-refractivity contribution >= 4 is 5.91 Å². The number of ether oxygens (including phenoxy) is 1. The van der Waals surface area contributed by atoms with E-state index in [0.29, 0.717) is 22.9 Å². The van der Waals surface area contributed by atoms with Crippen molar-refractivity contribution in [2.75, 3.05) is 7.11 Å². The number of carbonyl (C=O) groups is 1. The first-order chi connectivity index (χ1) is 9.54. The van der Waals surface area contributed by atoms with Gasteiger partial charge in [0, 0.05) is 11.8 Å². The van der Waals surface area contributed by atoms with Crippen LogP contribution in [0.1, 0.15) is 35.7 Å². The maximum Gasteiger partial charge on any atom is 0.250 e. The van der Waals surface area contributed by atoms with Crippen LogP contribution < -0.4 is 10.5 Å². The molecular weight excluding hydrogens is 252 g/mol. The number of rotatable bonds is 4. The van der Waals surface area contributed by atoms with Crippen molar-refractivity contribution in [1.29, 1.82) is 0 Å². The molecule has 4 heteroatoms. The lowest BCUT2D eigenvalue weighted by Gasteiger charge is -2.14. The van der Waals surface area contributed by atoms with Crippen LogP contribution in [0.3, 0.4) is 0 Å². The molecule has 0 aliphatic rings. The zero-order valence-corrected chi connectivity index (χ0v) is 11.9. The molecule has 0 spiro atoms. The monoisotopic (exact) mass is 270 g/mol. The van der Waals surface area contributed by atoms with Gasteiger partial charge in [0.05, 0.1) is 18.4 Å². The second kappa shape index (κ2) is 5.74. The molecule has 0 unspecified atom stereocenters. The average molecular weight is 270 g/mol. The summed E-state index contributed by atoms with van der Waals surface area (Å²) in [5, 5.41) is 0. The normalized spacial score (nSPS) is 10.6. The highest BCUT2D eigenvalue weighted by molar-refractivity contribution is 5.99. The number of methoxy groups -OCH3 is 1. The third-order valence-electron chi connectivity index (χ3n) is 3.22. The third kappa shape index (κ3) is 2.64. The summed E-state index contributed by atoms with van der Waals surface area (Å²) in [5.41, 5.74) is 8.31. The first-order valence-corrected chi connectivity index (χ1v) is 6.47. The molecule has 0 aliphatic carbocycles. The van der Waals surface area contributed by atoms with Crippen LogP contribution in [0.25, 0.3) is 11.3 Å². The Morgan fingerprint density at radius 1 is 1.30 bits per heavy atom. The molecule has 1 aromatic heterocycles. The molecule has 1 amide bonds. The lowest BCUT2D eigenvalue weighted by atomic mass is 9.97. The number of hydrogen-bond acceptors (Lipinski definition) is 3. The number of hydrogen-bond donors (Lipinski definition) is 1. The van der Waals surface area contributed by atoms with E-state index in [9.17, 15) is 4.79 Å². The molecule has 0 saturated carbocycles. The summed E-state index contributed by atoms with van der Waals surface area (Å²) < 4.78 is 5.38. The van der Waals surface area contributed by atoms with E-state index in [2.05, 4.69) is 18.8 Å². The lowest BCUT2D eigenvalue weighted by Crippen LogP contribution is -2.13. The van der Waals surface area contributed by atoms with Gasteiger partial charge in [-0.2, -0.15) is 0 Å². The largest absolute Gasteiger partial charge is 0.496 e. The van der Waals surface area contributed by atoms with Crippen molar-refractivity contribution in [3.63, 3.8) is 0 Å². The quantitative estimate of drug-likeness (QED) is 0.928. The highest BCUT2D eigenvalue weighted by atomic mass is 16.5. The summed E-state index contributed by atoms with van der Waals surface area (Å²) in [7, 11) is 1.60. The van der Waals surface area contributed by atoms with Crippen LogP contribution in [0.4, 0.5) is 0 Å². The Kier molecular flexibility index (Phi) is 4.03. The number of aromatic nitrogens is 1. The van der Waals surface area contributed by atoms with E-state index in [1.165, 1.54) is 0 Å². The van der Waals surface area contributed by atoms with E-state index < -0.39 is 5.91 Å². The molecule has 20 heavy (non-hydrogen) atoms. The summed E-state index contributed by atoms with van der Waals surface area (Å²) in [6.45, 7) is 4.22. The Morgan fingerprint density at radius 2 is 2.05 bits per heavy atom. The summed E-state index contributed by atoms with van der Waals surface area (Å²) in [6, 6.07) is 9.27. The van der Waals surface area contributed by atoms with Crippen LogP contribution in [0, 0.1) is 0 Å². The van der Waals surface area contributed by atoms with Crippen molar-refractivity contribution in [1.82, 2.24) is 4.98 Å². The first-order valence-electron chi connectivity index (χ1n) is 6.47. The molecular formula is C16H18N2O2. The van der Waals surface area contributed by atoms with Gasteiger partial charge in [-0.15, -0.1) is 0 Å². The Bertz CT molecular complexity index is 636. The van der Waals surface area contributed by atoms with Crippen molar-refractivity contribution in [2.24, 2.45) is 5.73 Å². The summed E-state index contributed by atoms with van der Waals surface area (Å²) in [4.78, 5) is 15.9. The van der Waals surface area contributed by atoms with Gasteiger partial charge in [-0.3, -0.25) is 9.78 Å². The van der Waals surface area contributed by atoms with E-state index >= 15 is 0 Å². The van der Waals surface area contributed by atoms with Gasteiger partial charge >= 0.3 is 0 Å². The van der Waals surface area contributed by atoms with Crippen molar-refractivity contribution in [2.45, 2.75) is 19.8 Å². The van der Waals surface area contributed by atoms with Crippen molar-refractivity contribution in [3.05, 3.63) is 47.7 Å². The Balaban J connectivity index is 2.67. The molecule has 2 aromatic rings. The zero-order chi connectivity index (χ0) is 14.7. The number of benzene rings is 1. The fraction of sp³-hybridized carbons (Fsp3) is 0.250. The van der Waals surface area contributed by atoms with Crippen LogP contribution in [-0.2, 0) is 0 Å². The number of primary amides is 1. The maximum absolute atomic E-state index is 11.6. The van der Waals surface area contributed by atoms with E-state index in [4.69, 9.17) is 10.5 Å². The minimum Gasteiger partial charge on any atom is -0.496 e. The van der Waals surface area contributed by atoms with Crippen molar-refractivity contribution in [3.8, 4) is 17.0 Å². The van der Waals surface area contributed by atoms with Crippen LogP contribution in [0.15, 0.2) is 36.5 Å². The van der Waals surface area contributed by atoms with Gasteiger partial charge in [0.15, 0.2) is 0 Å². The first kappa shape index (κ1) is 14.1. The zero-order valence-electron chi connectivity index (χ0n) is 11.9. The predicted molar refractivity (Wildman–Crippen MR) is 78.8 cm³/mol. The molecule has 0 aliphatic heterocycles. The summed E-state index contributed by atoms with van der Waals surface area (Å²) >= 11 is 0. The molecule has 2 N–H and O–H groups in total. The second-order valence-corrected chi connectivity index (χ2v) is 4.88. The van der Waals surface area contributed by atoms with Crippen LogP contribution in [-0.4, -0.2) is 18.0 Å². The fourth-order valence-corrected chi connectivity index (χ4v) is 2.09. The lowest BCUT2D eigenvalue weighted by molar-refractivity contribution is 0.100. The minimum atomic E-state index is -0.495. The molecule has 0 bridgehead atoms. The second-order valence-electron chi connectivity index (χ2n) is 4.88. The predicted octanol–water partition coefficient (Wildman–Crippen LogP) is 2.98. The summed E-state index contributed by atoms with van der Waals surface area (Å²) in [5.74, 6) is 0.557. The minimum absolute atomic E-state index is 0.375. The Morgan fingerprint density at radius 3 is 2.65 bits per heavy atom. The molecule has 0 radical (unpaired) electrons. The van der Waals surface area contributed by atoms with E-state index in [0.717, 1.165) is 11.1 Å². The molecule has 1 aromatic carbocycles. The van der Waals surface area contributed by atoms with Gasteiger partial charge < -0.3 is 10.5 Å². The van der Waals surface area contributed by atoms with Crippen molar-refractivity contribution < 1.29 is 9.53 Å². The molecule has 2 rings (SSSR count). The van der Waals surface area contributed by atoms with Crippen LogP contribution in [0.5, 0.6) is 5.75 Å². The van der Waals surface area contributed by atoms with Gasteiger partial charge in [-0.25, -0.2) is 0 Å². The van der Waals surface area contributed by atoms with Gasteiger partial charge in [0.2, 0.25) is 0 Å². The van der Waals surface area contributed by atoms with Crippen LogP contribution in [0.2, 0.25) is 0 Å². The van der Waals surface area contributed by atoms with E-state index in [1.807, 2.05) is 18.2 Å². The highest BCUT2D eigenvalue weighted by Crippen LogP contribution is 2.33. The van der Waals surface area contributed by atoms with Gasteiger partial charge in [0.25, 0.3) is 5.91 Å². The maximum atomic E-state index is 11.6. The number of carbonyl (C=O) groups excluding carboxylic acids is 1. The number of nitrogens with zero attached hydrogens (tertiary/aromatic N) is 1. The van der Waals surface area contributed by atoms with Crippen LogP contribution >= 0.6 is 0 Å². The Hall–Kier alpha value is -2.36. The molecule has 0 saturated heterocycles. The SMILES string of the molecule is COc1ccc(C(C)C)cc1-c1ncccc1C(N)=O. The van der Waals surface area contributed by atoms with Gasteiger partial charge in [-0.05, 0) is 35.7 Å². The van der Waals surface area contributed by atoms with Gasteiger partial charge in [-0.1, -0.05) is 19.9 Å². The smallest absolute Gasteiger partial charge is 0.250 e. The van der Waals surface area contributed by atoms with E-state index in [1.54, 1.807) is 25.4 Å². The average Bonchev–Trinajstić information content (AvgIpc) is 2.46. The summed E-state index contributed by atoms with van der Waals surface area (Å²) in [6.07, 6.45) is 1.64. The van der Waals surface area contributed by atoms with E-state index in [-0.39, 0.29) is 0 Å². The Labute approximate surface area is 118 Å². The molecule has 0 fully saturated rings. The molecule has 104 valence electrons. The molecule has 1 heterocycles. The van der Waals surface area contributed by atoms with Gasteiger partial charge in [0.1, 0.15) is 5.75 Å².